The van der Waals surface area contributed by atoms with Gasteiger partial charge in [-0.2, -0.15) is 0 Å². The van der Waals surface area contributed by atoms with Gasteiger partial charge in [-0.15, -0.1) is 11.3 Å². The maximum atomic E-state index is 14.2. The average Bonchev–Trinajstić information content (AvgIpc) is 3.42. The second kappa shape index (κ2) is 10.7. The van der Waals surface area contributed by atoms with Crippen LogP contribution in [0.5, 0.6) is 5.75 Å². The molecule has 3 rings (SSSR count). The first-order valence-corrected chi connectivity index (χ1v) is 13.1. The van der Waals surface area contributed by atoms with E-state index in [1.165, 1.54) is 11.3 Å². The van der Waals surface area contributed by atoms with Crippen LogP contribution in [0.3, 0.4) is 0 Å². The number of carbonyl (C=O) groups excluding carboxylic acids is 1. The second-order valence-corrected chi connectivity index (χ2v) is 11.5. The minimum absolute atomic E-state index is 0.0705. The normalized spacial score (nSPS) is 22.6. The predicted molar refractivity (Wildman–Crippen MR) is 137 cm³/mol. The summed E-state index contributed by atoms with van der Waals surface area (Å²) in [4.78, 5) is 33.3. The molecule has 0 bridgehead atoms. The number of carboxylic acid groups (broad SMARTS) is 1. The summed E-state index contributed by atoms with van der Waals surface area (Å²) < 4.78 is 11.4. The van der Waals surface area contributed by atoms with Crippen molar-refractivity contribution in [3.05, 3.63) is 45.9 Å². The third-order valence-corrected chi connectivity index (χ3v) is 7.30. The predicted octanol–water partition coefficient (Wildman–Crippen LogP) is 5.56. The van der Waals surface area contributed by atoms with Crippen LogP contribution in [0.2, 0.25) is 0 Å². The quantitative estimate of drug-likeness (QED) is 0.483. The van der Waals surface area contributed by atoms with Crippen molar-refractivity contribution in [1.29, 1.82) is 0 Å². The molecular weight excluding hydrogens is 464 g/mol. The molecule has 1 aromatic heterocycles. The molecule has 1 aliphatic rings. The summed E-state index contributed by atoms with van der Waals surface area (Å²) in [6.07, 6.45) is 0.653. The maximum Gasteiger partial charge on any atom is 0.329 e. The Morgan fingerprint density at radius 1 is 1.31 bits per heavy atom. The number of nitrogens with zero attached hydrogens (tertiary/aromatic N) is 2. The first kappa shape index (κ1) is 27.1. The van der Waals surface area contributed by atoms with E-state index >= 15 is 0 Å². The number of rotatable bonds is 9. The Morgan fingerprint density at radius 2 is 2.03 bits per heavy atom. The molecule has 0 saturated carbocycles. The molecule has 1 amide bonds. The highest BCUT2D eigenvalue weighted by Gasteiger charge is 2.59. The maximum absolute atomic E-state index is 14.2. The van der Waals surface area contributed by atoms with Crippen molar-refractivity contribution < 1.29 is 24.2 Å². The number of aliphatic carboxylic acids is 1. The van der Waals surface area contributed by atoms with Crippen molar-refractivity contribution in [2.24, 2.45) is 11.8 Å². The fraction of sp³-hybridized carbons (Fsp3) is 0.593. The van der Waals surface area contributed by atoms with Gasteiger partial charge >= 0.3 is 5.97 Å². The molecule has 2 heterocycles. The summed E-state index contributed by atoms with van der Waals surface area (Å²) in [5.74, 6) is -0.822. The van der Waals surface area contributed by atoms with Crippen LogP contribution in [-0.4, -0.2) is 52.7 Å². The Morgan fingerprint density at radius 3 is 2.54 bits per heavy atom. The van der Waals surface area contributed by atoms with Crippen molar-refractivity contribution in [2.45, 2.75) is 71.4 Å². The lowest BCUT2D eigenvalue weighted by Gasteiger charge is -2.39. The zero-order chi connectivity index (χ0) is 26.0. The lowest BCUT2D eigenvalue weighted by atomic mass is 9.83. The van der Waals surface area contributed by atoms with E-state index in [1.807, 2.05) is 32.2 Å². The van der Waals surface area contributed by atoms with E-state index in [2.05, 4.69) is 25.8 Å². The SMILES string of the molecule is CCOC[C@H]1C[C@@](CC(C)C)(C(=O)O)N(C(=O)c2ccc(C(C)(C)C)c(OC)c2)[C@H]1c1cscn1. The summed E-state index contributed by atoms with van der Waals surface area (Å²) >= 11 is 1.44. The Kier molecular flexibility index (Phi) is 8.27. The number of hydrogen-bond donors (Lipinski definition) is 1. The fourth-order valence-electron chi connectivity index (χ4n) is 5.32. The van der Waals surface area contributed by atoms with Gasteiger partial charge in [0.1, 0.15) is 11.3 Å². The van der Waals surface area contributed by atoms with Crippen LogP contribution in [0.1, 0.15) is 82.0 Å². The molecule has 2 aromatic rings. The van der Waals surface area contributed by atoms with Crippen molar-refractivity contribution in [3.8, 4) is 5.75 Å². The first-order valence-electron chi connectivity index (χ1n) is 12.2. The molecule has 1 saturated heterocycles. The Balaban J connectivity index is 2.19. The smallest absolute Gasteiger partial charge is 0.329 e. The number of ether oxygens (including phenoxy) is 2. The van der Waals surface area contributed by atoms with Crippen LogP contribution in [0.4, 0.5) is 0 Å². The van der Waals surface area contributed by atoms with Crippen LogP contribution < -0.4 is 4.74 Å². The standard InChI is InChI=1S/C27H38N2O5S/c1-8-34-14-19-13-27(25(31)32,12-17(2)3)29(23(19)21-15-35-16-28-21)24(30)18-9-10-20(26(4,5)6)22(11-18)33-7/h9-11,15-17,19,23H,8,12-14H2,1-7H3,(H,31,32)/t19-,23-,27+/m1/s1. The molecule has 1 aliphatic heterocycles. The van der Waals surface area contributed by atoms with E-state index in [1.54, 1.807) is 29.7 Å². The number of hydrogen-bond acceptors (Lipinski definition) is 6. The van der Waals surface area contributed by atoms with Gasteiger partial charge in [0, 0.05) is 23.5 Å². The number of likely N-dealkylation sites (tertiary alicyclic amines) is 1. The highest BCUT2D eigenvalue weighted by molar-refractivity contribution is 7.07. The molecule has 192 valence electrons. The summed E-state index contributed by atoms with van der Waals surface area (Å²) in [5.41, 5.74) is 2.28. The van der Waals surface area contributed by atoms with Crippen molar-refractivity contribution >= 4 is 23.2 Å². The molecule has 3 atom stereocenters. The monoisotopic (exact) mass is 502 g/mol. The van der Waals surface area contributed by atoms with E-state index < -0.39 is 17.6 Å². The molecule has 0 aliphatic carbocycles. The lowest BCUT2D eigenvalue weighted by Crippen LogP contribution is -2.54. The van der Waals surface area contributed by atoms with Crippen LogP contribution in [-0.2, 0) is 14.9 Å². The van der Waals surface area contributed by atoms with Gasteiger partial charge in [-0.3, -0.25) is 4.79 Å². The van der Waals surface area contributed by atoms with E-state index in [0.29, 0.717) is 43.1 Å². The van der Waals surface area contributed by atoms with Gasteiger partial charge in [0.2, 0.25) is 0 Å². The summed E-state index contributed by atoms with van der Waals surface area (Å²) in [6.45, 7) is 13.0. The molecule has 1 fully saturated rings. The van der Waals surface area contributed by atoms with Gasteiger partial charge in [-0.05, 0) is 48.8 Å². The lowest BCUT2D eigenvalue weighted by molar-refractivity contribution is -0.150. The number of amides is 1. The molecule has 7 nitrogen and oxygen atoms in total. The molecule has 0 unspecified atom stereocenters. The topological polar surface area (TPSA) is 89.0 Å². The molecule has 35 heavy (non-hydrogen) atoms. The molecule has 0 spiro atoms. The highest BCUT2D eigenvalue weighted by Crippen LogP contribution is 2.50. The van der Waals surface area contributed by atoms with Gasteiger partial charge in [-0.1, -0.05) is 40.7 Å². The molecule has 1 N–H and O–H groups in total. The average molecular weight is 503 g/mol. The summed E-state index contributed by atoms with van der Waals surface area (Å²) in [5, 5.41) is 12.5. The minimum Gasteiger partial charge on any atom is -0.496 e. The highest BCUT2D eigenvalue weighted by atomic mass is 32.1. The molecule has 1 aromatic carbocycles. The molecule has 8 heteroatoms. The molecular formula is C27H38N2O5S. The van der Waals surface area contributed by atoms with Gasteiger partial charge in [0.05, 0.1) is 31.0 Å². The van der Waals surface area contributed by atoms with Gasteiger partial charge in [0.15, 0.2) is 0 Å². The zero-order valence-electron chi connectivity index (χ0n) is 21.8. The Bertz CT molecular complexity index is 1030. The third kappa shape index (κ3) is 5.38. The van der Waals surface area contributed by atoms with Crippen LogP contribution in [0.15, 0.2) is 29.1 Å². The zero-order valence-corrected chi connectivity index (χ0v) is 22.6. The van der Waals surface area contributed by atoms with E-state index in [0.717, 1.165) is 5.56 Å². The molecule has 0 radical (unpaired) electrons. The second-order valence-electron chi connectivity index (χ2n) is 10.8. The van der Waals surface area contributed by atoms with Crippen molar-refractivity contribution in [3.63, 3.8) is 0 Å². The fourth-order valence-corrected chi connectivity index (χ4v) is 5.90. The number of aromatic nitrogens is 1. The van der Waals surface area contributed by atoms with Crippen molar-refractivity contribution in [2.75, 3.05) is 20.3 Å². The van der Waals surface area contributed by atoms with Crippen LogP contribution in [0.25, 0.3) is 0 Å². The van der Waals surface area contributed by atoms with E-state index in [4.69, 9.17) is 9.47 Å². The number of carboxylic acids is 1. The Hall–Kier alpha value is -2.45. The summed E-state index contributed by atoms with van der Waals surface area (Å²) in [7, 11) is 1.59. The Labute approximate surface area is 212 Å². The number of thiazole rings is 1. The van der Waals surface area contributed by atoms with Gasteiger partial charge in [-0.25, -0.2) is 9.78 Å². The van der Waals surface area contributed by atoms with Gasteiger partial charge < -0.3 is 19.5 Å². The number of methoxy groups -OCH3 is 1. The minimum atomic E-state index is -1.36. The number of carbonyl (C=O) groups is 2. The number of benzene rings is 1. The third-order valence-electron chi connectivity index (χ3n) is 6.70. The first-order chi connectivity index (χ1) is 16.5. The van der Waals surface area contributed by atoms with Crippen molar-refractivity contribution in [1.82, 2.24) is 9.88 Å². The van der Waals surface area contributed by atoms with Crippen LogP contribution in [0, 0.1) is 11.8 Å². The van der Waals surface area contributed by atoms with E-state index in [9.17, 15) is 14.7 Å². The van der Waals surface area contributed by atoms with Gasteiger partial charge in [0.25, 0.3) is 5.91 Å². The van der Waals surface area contributed by atoms with Crippen LogP contribution >= 0.6 is 11.3 Å². The largest absolute Gasteiger partial charge is 0.496 e. The summed E-state index contributed by atoms with van der Waals surface area (Å²) in [6, 6.07) is 4.92. The van der Waals surface area contributed by atoms with E-state index in [-0.39, 0.29) is 23.2 Å².